The van der Waals surface area contributed by atoms with Crippen molar-refractivity contribution < 1.29 is 19.1 Å². The van der Waals surface area contributed by atoms with Gasteiger partial charge in [0.15, 0.2) is 0 Å². The van der Waals surface area contributed by atoms with E-state index in [0.29, 0.717) is 23.9 Å². The van der Waals surface area contributed by atoms with Crippen LogP contribution >= 0.6 is 0 Å². The topological polar surface area (TPSA) is 97.7 Å². The molecular formula is C29H39N5O4. The number of nitrogens with zero attached hydrogens (tertiary/aromatic N) is 3. The zero-order valence-electron chi connectivity index (χ0n) is 23.4. The number of nitrogens with one attached hydrogen (secondary N) is 2. The number of aromatic nitrogens is 2. The molecule has 2 N–H and O–H groups in total. The number of ether oxygens (including phenoxy) is 2. The molecule has 0 radical (unpaired) electrons. The number of urea groups is 1. The van der Waals surface area contributed by atoms with Gasteiger partial charge in [-0.15, -0.1) is 0 Å². The third-order valence-electron chi connectivity index (χ3n) is 5.94. The largest absolute Gasteiger partial charge is 0.492 e. The first-order chi connectivity index (χ1) is 18.0. The van der Waals surface area contributed by atoms with Gasteiger partial charge in [0.05, 0.1) is 30.3 Å². The maximum absolute atomic E-state index is 13.3. The third kappa shape index (κ3) is 7.35. The van der Waals surface area contributed by atoms with E-state index in [1.165, 1.54) is 4.90 Å². The lowest BCUT2D eigenvalue weighted by molar-refractivity contribution is -0.116. The van der Waals surface area contributed by atoms with E-state index in [2.05, 4.69) is 37.5 Å². The maximum Gasteiger partial charge on any atom is 0.322 e. The summed E-state index contributed by atoms with van der Waals surface area (Å²) in [7, 11) is 1.55. The van der Waals surface area contributed by atoms with E-state index < -0.39 is 6.03 Å². The number of amides is 3. The van der Waals surface area contributed by atoms with Gasteiger partial charge < -0.3 is 25.0 Å². The van der Waals surface area contributed by atoms with Crippen molar-refractivity contribution in [3.8, 4) is 11.4 Å². The fraction of sp³-hybridized carbons (Fsp3) is 0.414. The van der Waals surface area contributed by atoms with Crippen LogP contribution in [0.5, 0.6) is 5.75 Å². The minimum atomic E-state index is -0.428. The maximum atomic E-state index is 13.3. The van der Waals surface area contributed by atoms with Gasteiger partial charge in [-0.05, 0) is 44.5 Å². The van der Waals surface area contributed by atoms with E-state index in [-0.39, 0.29) is 31.0 Å². The van der Waals surface area contributed by atoms with E-state index in [4.69, 9.17) is 14.6 Å². The second kappa shape index (κ2) is 12.6. The Balaban J connectivity index is 1.84. The Labute approximate surface area is 225 Å². The van der Waals surface area contributed by atoms with Gasteiger partial charge in [0, 0.05) is 25.1 Å². The standard InChI is InChI=1S/C29H39N5O4/c1-8-38-24-12-10-9-11-22(24)30-28(36)33(15-16-37-7)19-27(35)31-26-18-25(29(4,5)6)32-34(26)23-14-13-20(2)17-21(23)3/h9-14,17-18H,8,15-16,19H2,1-7H3,(H,30,36)(H,31,35). The Bertz CT molecular complexity index is 1260. The lowest BCUT2D eigenvalue weighted by Crippen LogP contribution is -2.42. The van der Waals surface area contributed by atoms with E-state index in [0.717, 1.165) is 22.5 Å². The Morgan fingerprint density at radius 1 is 1.05 bits per heavy atom. The van der Waals surface area contributed by atoms with E-state index in [9.17, 15) is 9.59 Å². The van der Waals surface area contributed by atoms with Gasteiger partial charge in [-0.25, -0.2) is 9.48 Å². The van der Waals surface area contributed by atoms with Crippen LogP contribution < -0.4 is 15.4 Å². The minimum Gasteiger partial charge on any atom is -0.492 e. The number of aryl methyl sites for hydroxylation is 2. The molecule has 3 aromatic rings. The van der Waals surface area contributed by atoms with Gasteiger partial charge >= 0.3 is 6.03 Å². The molecule has 2 aromatic carbocycles. The minimum absolute atomic E-state index is 0.172. The fourth-order valence-corrected chi connectivity index (χ4v) is 3.92. The molecule has 0 aliphatic heterocycles. The van der Waals surface area contributed by atoms with Crippen LogP contribution in [-0.2, 0) is 14.9 Å². The van der Waals surface area contributed by atoms with Crippen molar-refractivity contribution in [1.29, 1.82) is 0 Å². The van der Waals surface area contributed by atoms with Gasteiger partial charge in [-0.2, -0.15) is 5.10 Å². The van der Waals surface area contributed by atoms with Gasteiger partial charge in [0.2, 0.25) is 5.91 Å². The summed E-state index contributed by atoms with van der Waals surface area (Å²) in [6, 6.07) is 14.7. The number of methoxy groups -OCH3 is 1. The van der Waals surface area contributed by atoms with Crippen LogP contribution in [0, 0.1) is 13.8 Å². The number of benzene rings is 2. The highest BCUT2D eigenvalue weighted by atomic mass is 16.5. The molecule has 0 saturated heterocycles. The molecule has 3 rings (SSSR count). The normalized spacial score (nSPS) is 11.2. The summed E-state index contributed by atoms with van der Waals surface area (Å²) in [4.78, 5) is 27.8. The number of carbonyl (C=O) groups excluding carboxylic acids is 2. The molecule has 9 heteroatoms. The van der Waals surface area contributed by atoms with Gasteiger partial charge in [0.1, 0.15) is 18.1 Å². The smallest absolute Gasteiger partial charge is 0.322 e. The van der Waals surface area contributed by atoms with E-state index in [1.807, 2.05) is 51.1 Å². The van der Waals surface area contributed by atoms with Crippen molar-refractivity contribution in [2.75, 3.05) is 44.0 Å². The van der Waals surface area contributed by atoms with Crippen molar-refractivity contribution in [3.63, 3.8) is 0 Å². The molecule has 0 saturated carbocycles. The summed E-state index contributed by atoms with van der Waals surface area (Å²) in [6.07, 6.45) is 0. The molecule has 0 atom stereocenters. The molecule has 1 aromatic heterocycles. The first-order valence-corrected chi connectivity index (χ1v) is 12.8. The van der Waals surface area contributed by atoms with Crippen molar-refractivity contribution in [2.45, 2.75) is 47.0 Å². The monoisotopic (exact) mass is 521 g/mol. The average Bonchev–Trinajstić information content (AvgIpc) is 3.27. The Hall–Kier alpha value is -3.85. The van der Waals surface area contributed by atoms with Crippen LogP contribution in [0.2, 0.25) is 0 Å². The molecule has 0 unspecified atom stereocenters. The van der Waals surface area contributed by atoms with Crippen LogP contribution in [0.15, 0.2) is 48.5 Å². The Morgan fingerprint density at radius 3 is 2.45 bits per heavy atom. The summed E-state index contributed by atoms with van der Waals surface area (Å²) in [5, 5.41) is 10.6. The molecule has 0 spiro atoms. The highest BCUT2D eigenvalue weighted by molar-refractivity contribution is 5.97. The van der Waals surface area contributed by atoms with Gasteiger partial charge in [-0.1, -0.05) is 50.6 Å². The number of carbonyl (C=O) groups is 2. The van der Waals surface area contributed by atoms with Crippen molar-refractivity contribution >= 4 is 23.4 Å². The zero-order valence-corrected chi connectivity index (χ0v) is 23.4. The highest BCUT2D eigenvalue weighted by Gasteiger charge is 2.24. The van der Waals surface area contributed by atoms with E-state index >= 15 is 0 Å². The SMILES string of the molecule is CCOc1ccccc1NC(=O)N(CCOC)CC(=O)Nc1cc(C(C)(C)C)nn1-c1ccc(C)cc1C. The number of hydrogen-bond acceptors (Lipinski definition) is 5. The van der Waals surface area contributed by atoms with Crippen LogP contribution in [0.4, 0.5) is 16.3 Å². The number of hydrogen-bond donors (Lipinski definition) is 2. The van der Waals surface area contributed by atoms with Crippen molar-refractivity contribution in [3.05, 3.63) is 65.4 Å². The van der Waals surface area contributed by atoms with Crippen LogP contribution in [0.3, 0.4) is 0 Å². The molecule has 9 nitrogen and oxygen atoms in total. The second-order valence-electron chi connectivity index (χ2n) is 10.2. The molecule has 0 fully saturated rings. The first kappa shape index (κ1) is 28.7. The first-order valence-electron chi connectivity index (χ1n) is 12.8. The lowest BCUT2D eigenvalue weighted by Gasteiger charge is -2.23. The molecule has 3 amide bonds. The quantitative estimate of drug-likeness (QED) is 0.377. The molecule has 0 bridgehead atoms. The Morgan fingerprint density at radius 2 is 1.79 bits per heavy atom. The molecule has 0 aliphatic rings. The summed E-state index contributed by atoms with van der Waals surface area (Å²) in [6.45, 7) is 13.0. The van der Waals surface area contributed by atoms with Gasteiger partial charge in [-0.3, -0.25) is 4.79 Å². The summed E-state index contributed by atoms with van der Waals surface area (Å²) in [5.74, 6) is 0.757. The fourth-order valence-electron chi connectivity index (χ4n) is 3.92. The number of anilines is 2. The Kier molecular flexibility index (Phi) is 9.52. The van der Waals surface area contributed by atoms with Crippen LogP contribution in [0.25, 0.3) is 5.69 Å². The molecule has 38 heavy (non-hydrogen) atoms. The summed E-state index contributed by atoms with van der Waals surface area (Å²) < 4.78 is 12.6. The zero-order chi connectivity index (χ0) is 27.9. The number of rotatable bonds is 10. The molecule has 1 heterocycles. The average molecular weight is 522 g/mol. The second-order valence-corrected chi connectivity index (χ2v) is 10.2. The van der Waals surface area contributed by atoms with Gasteiger partial charge in [0.25, 0.3) is 0 Å². The molecule has 204 valence electrons. The molecular weight excluding hydrogens is 482 g/mol. The third-order valence-corrected chi connectivity index (χ3v) is 5.94. The molecule has 0 aliphatic carbocycles. The van der Waals surface area contributed by atoms with Crippen LogP contribution in [0.1, 0.15) is 44.5 Å². The summed E-state index contributed by atoms with van der Waals surface area (Å²) in [5.41, 5.74) is 4.22. The highest BCUT2D eigenvalue weighted by Crippen LogP contribution is 2.28. The van der Waals surface area contributed by atoms with Crippen molar-refractivity contribution in [1.82, 2.24) is 14.7 Å². The number of para-hydroxylation sites is 2. The lowest BCUT2D eigenvalue weighted by atomic mass is 9.92. The predicted molar refractivity (Wildman–Crippen MR) is 150 cm³/mol. The van der Waals surface area contributed by atoms with Crippen molar-refractivity contribution in [2.24, 2.45) is 0 Å². The summed E-state index contributed by atoms with van der Waals surface area (Å²) >= 11 is 0. The van der Waals surface area contributed by atoms with Crippen LogP contribution in [-0.4, -0.2) is 60.0 Å². The van der Waals surface area contributed by atoms with E-state index in [1.54, 1.807) is 23.9 Å². The predicted octanol–water partition coefficient (Wildman–Crippen LogP) is 5.30.